The largest absolute Gasteiger partial charge is 0.543 e. The van der Waals surface area contributed by atoms with Crippen LogP contribution in [0.25, 0.3) is 10.6 Å². The van der Waals surface area contributed by atoms with Crippen molar-refractivity contribution in [1.29, 1.82) is 0 Å². The molecule has 0 unspecified atom stereocenters. The number of hydrogen-bond acceptors (Lipinski definition) is 5. The molecular weight excluding hydrogens is 238 g/mol. The molecule has 4 nitrogen and oxygen atoms in total. The minimum Gasteiger partial charge on any atom is -0.543 e. The number of rotatable bonds is 2. The molecule has 0 spiro atoms. The van der Waals surface area contributed by atoms with Crippen LogP contribution in [0.1, 0.15) is 16.1 Å². The maximum absolute atomic E-state index is 10.6. The van der Waals surface area contributed by atoms with E-state index in [9.17, 15) is 9.90 Å². The number of hydrogen-bond donors (Lipinski definition) is 0. The molecule has 1 aromatic heterocycles. The molecule has 2 heterocycles. The molecule has 0 atom stereocenters. The van der Waals surface area contributed by atoms with Gasteiger partial charge in [-0.25, -0.2) is 4.98 Å². The Kier molecular flexibility index (Phi) is 2.33. The number of carbonyl (C=O) groups excluding carboxylic acids is 1. The van der Waals surface area contributed by atoms with Crippen molar-refractivity contribution >= 4 is 17.3 Å². The Bertz CT molecular complexity index is 591. The Morgan fingerprint density at radius 2 is 2.35 bits per heavy atom. The molecule has 0 saturated heterocycles. The Hall–Kier alpha value is -1.88. The summed E-state index contributed by atoms with van der Waals surface area (Å²) in [6.07, 6.45) is 0.891. The third-order valence-corrected chi connectivity index (χ3v) is 3.54. The molecule has 3 rings (SSSR count). The van der Waals surface area contributed by atoms with Gasteiger partial charge in [0.15, 0.2) is 0 Å². The van der Waals surface area contributed by atoms with E-state index < -0.39 is 5.97 Å². The van der Waals surface area contributed by atoms with E-state index in [0.29, 0.717) is 11.6 Å². The first-order valence-electron chi connectivity index (χ1n) is 5.17. The smallest absolute Gasteiger partial charge is 0.124 e. The van der Waals surface area contributed by atoms with Crippen molar-refractivity contribution in [3.8, 4) is 16.3 Å². The quantitative estimate of drug-likeness (QED) is 0.796. The van der Waals surface area contributed by atoms with Gasteiger partial charge < -0.3 is 14.6 Å². The van der Waals surface area contributed by atoms with Gasteiger partial charge in [-0.2, -0.15) is 0 Å². The predicted octanol–water partition coefficient (Wildman–Crippen LogP) is 1.11. The first kappa shape index (κ1) is 10.3. The van der Waals surface area contributed by atoms with Gasteiger partial charge in [0.1, 0.15) is 10.8 Å². The van der Waals surface area contributed by atoms with Gasteiger partial charge in [-0.1, -0.05) is 0 Å². The molecule has 0 radical (unpaired) electrons. The SMILES string of the molecule is O=C([O-])c1csc(-c2ccc3c(c2)CCO3)n1. The normalized spacial score (nSPS) is 13.2. The lowest BCUT2D eigenvalue weighted by molar-refractivity contribution is -0.255. The van der Waals surface area contributed by atoms with Gasteiger partial charge in [-0.3, -0.25) is 0 Å². The maximum Gasteiger partial charge on any atom is 0.124 e. The zero-order valence-corrected chi connectivity index (χ0v) is 9.62. The minimum absolute atomic E-state index is 0.0123. The lowest BCUT2D eigenvalue weighted by Crippen LogP contribution is -2.22. The fraction of sp³-hybridized carbons (Fsp3) is 0.167. The number of ether oxygens (including phenoxy) is 1. The lowest BCUT2D eigenvalue weighted by atomic mass is 10.1. The highest BCUT2D eigenvalue weighted by molar-refractivity contribution is 7.13. The summed E-state index contributed by atoms with van der Waals surface area (Å²) in [5, 5.41) is 12.8. The van der Waals surface area contributed by atoms with Crippen LogP contribution in [0.3, 0.4) is 0 Å². The first-order valence-corrected chi connectivity index (χ1v) is 6.05. The van der Waals surface area contributed by atoms with Gasteiger partial charge in [0.2, 0.25) is 0 Å². The number of carbonyl (C=O) groups is 1. The molecule has 0 amide bonds. The average molecular weight is 246 g/mol. The van der Waals surface area contributed by atoms with Crippen molar-refractivity contribution in [3.05, 3.63) is 34.8 Å². The monoisotopic (exact) mass is 246 g/mol. The van der Waals surface area contributed by atoms with Crippen molar-refractivity contribution in [2.75, 3.05) is 6.61 Å². The highest BCUT2D eigenvalue weighted by atomic mass is 32.1. The van der Waals surface area contributed by atoms with E-state index in [2.05, 4.69) is 4.98 Å². The molecule has 17 heavy (non-hydrogen) atoms. The number of aromatic nitrogens is 1. The lowest BCUT2D eigenvalue weighted by Gasteiger charge is -2.01. The molecule has 0 bridgehead atoms. The second-order valence-corrected chi connectivity index (χ2v) is 4.60. The number of aromatic carboxylic acids is 1. The van der Waals surface area contributed by atoms with Gasteiger partial charge in [0, 0.05) is 17.4 Å². The van der Waals surface area contributed by atoms with Gasteiger partial charge in [-0.15, -0.1) is 11.3 Å². The number of carboxylic acid groups (broad SMARTS) is 1. The second-order valence-electron chi connectivity index (χ2n) is 3.75. The minimum atomic E-state index is -1.24. The number of nitrogens with zero attached hydrogens (tertiary/aromatic N) is 1. The Morgan fingerprint density at radius 1 is 1.47 bits per heavy atom. The third kappa shape index (κ3) is 1.78. The van der Waals surface area contributed by atoms with Gasteiger partial charge >= 0.3 is 0 Å². The number of benzene rings is 1. The topological polar surface area (TPSA) is 62.2 Å². The first-order chi connectivity index (χ1) is 8.24. The van der Waals surface area contributed by atoms with E-state index in [1.165, 1.54) is 16.7 Å². The fourth-order valence-corrected chi connectivity index (χ4v) is 2.61. The number of fused-ring (bicyclic) bond motifs is 1. The summed E-state index contributed by atoms with van der Waals surface area (Å²) < 4.78 is 5.41. The Balaban J connectivity index is 2.00. The van der Waals surface area contributed by atoms with Crippen molar-refractivity contribution in [2.45, 2.75) is 6.42 Å². The Labute approximate surface area is 102 Å². The maximum atomic E-state index is 10.6. The molecule has 2 aromatic rings. The highest BCUT2D eigenvalue weighted by Gasteiger charge is 2.14. The van der Waals surface area contributed by atoms with Crippen LogP contribution in [-0.4, -0.2) is 17.6 Å². The Morgan fingerprint density at radius 3 is 3.12 bits per heavy atom. The number of carboxylic acids is 1. The van der Waals surface area contributed by atoms with Crippen LogP contribution < -0.4 is 9.84 Å². The fourth-order valence-electron chi connectivity index (χ4n) is 1.82. The second kappa shape index (κ2) is 3.85. The molecule has 0 N–H and O–H groups in total. The molecule has 0 saturated carbocycles. The van der Waals surface area contributed by atoms with Crippen LogP contribution in [0, 0.1) is 0 Å². The molecule has 1 aliphatic rings. The molecule has 1 aromatic carbocycles. The molecule has 86 valence electrons. The van der Waals surface area contributed by atoms with E-state index in [1.54, 1.807) is 0 Å². The number of thiazole rings is 1. The van der Waals surface area contributed by atoms with Crippen molar-refractivity contribution in [3.63, 3.8) is 0 Å². The summed E-state index contributed by atoms with van der Waals surface area (Å²) in [6.45, 7) is 0.709. The summed E-state index contributed by atoms with van der Waals surface area (Å²) in [5.74, 6) is -0.331. The van der Waals surface area contributed by atoms with E-state index >= 15 is 0 Å². The van der Waals surface area contributed by atoms with Gasteiger partial charge in [0.05, 0.1) is 18.3 Å². The van der Waals surface area contributed by atoms with E-state index in [1.807, 2.05) is 18.2 Å². The van der Waals surface area contributed by atoms with Gasteiger partial charge in [-0.05, 0) is 23.8 Å². The highest BCUT2D eigenvalue weighted by Crippen LogP contribution is 2.31. The van der Waals surface area contributed by atoms with E-state index in [4.69, 9.17) is 4.74 Å². The zero-order valence-electron chi connectivity index (χ0n) is 8.80. The third-order valence-electron chi connectivity index (χ3n) is 2.65. The average Bonchev–Trinajstić information content (AvgIpc) is 2.97. The predicted molar refractivity (Wildman–Crippen MR) is 61.1 cm³/mol. The van der Waals surface area contributed by atoms with E-state index in [-0.39, 0.29) is 5.69 Å². The summed E-state index contributed by atoms with van der Waals surface area (Å²) in [5.41, 5.74) is 2.06. The summed E-state index contributed by atoms with van der Waals surface area (Å²) >= 11 is 1.30. The van der Waals surface area contributed by atoms with Crippen molar-refractivity contribution in [1.82, 2.24) is 4.98 Å². The summed E-state index contributed by atoms with van der Waals surface area (Å²) in [4.78, 5) is 14.7. The van der Waals surface area contributed by atoms with Crippen molar-refractivity contribution < 1.29 is 14.6 Å². The molecule has 1 aliphatic heterocycles. The van der Waals surface area contributed by atoms with Crippen LogP contribution in [0.15, 0.2) is 23.6 Å². The van der Waals surface area contributed by atoms with Crippen LogP contribution in [0.5, 0.6) is 5.75 Å². The van der Waals surface area contributed by atoms with Gasteiger partial charge in [0.25, 0.3) is 0 Å². The molecule has 0 fully saturated rings. The van der Waals surface area contributed by atoms with Crippen LogP contribution in [0.4, 0.5) is 0 Å². The molecule has 5 heteroatoms. The van der Waals surface area contributed by atoms with Crippen LogP contribution in [-0.2, 0) is 6.42 Å². The zero-order chi connectivity index (χ0) is 11.8. The van der Waals surface area contributed by atoms with Crippen LogP contribution >= 0.6 is 11.3 Å². The standard InChI is InChI=1S/C12H9NO3S/c14-12(15)9-6-17-11(13-9)8-1-2-10-7(5-8)3-4-16-10/h1-2,5-6H,3-4H2,(H,14,15)/p-1. The molecular formula is C12H8NO3S-. The summed E-state index contributed by atoms with van der Waals surface area (Å²) in [7, 11) is 0. The van der Waals surface area contributed by atoms with Crippen LogP contribution in [0.2, 0.25) is 0 Å². The summed E-state index contributed by atoms with van der Waals surface area (Å²) in [6, 6.07) is 5.79. The van der Waals surface area contributed by atoms with Crippen molar-refractivity contribution in [2.24, 2.45) is 0 Å². The van der Waals surface area contributed by atoms with E-state index in [0.717, 1.165) is 23.3 Å². The molecule has 0 aliphatic carbocycles.